The highest BCUT2D eigenvalue weighted by Crippen LogP contribution is 2.46. The second kappa shape index (κ2) is 11.9. The van der Waals surface area contributed by atoms with Crippen LogP contribution in [0.1, 0.15) is 83.5 Å². The number of hydrogen-bond donors (Lipinski definition) is 2. The predicted octanol–water partition coefficient (Wildman–Crippen LogP) is 5.47. The molecule has 4 unspecified atom stereocenters. The number of piperidine rings is 1. The minimum absolute atomic E-state index is 0.0228. The van der Waals surface area contributed by atoms with Gasteiger partial charge in [0.25, 0.3) is 5.91 Å². The largest absolute Gasteiger partial charge is 0.484 e. The summed E-state index contributed by atoms with van der Waals surface area (Å²) in [6.07, 6.45) is 16.0. The summed E-state index contributed by atoms with van der Waals surface area (Å²) in [6, 6.07) is 5.56. The molecule has 2 aliphatic heterocycles. The maximum Gasteiger partial charge on any atom is 0.258 e. The van der Waals surface area contributed by atoms with Gasteiger partial charge >= 0.3 is 0 Å². The van der Waals surface area contributed by atoms with Crippen LogP contribution in [0.5, 0.6) is 5.75 Å². The maximum atomic E-state index is 13.6. The molecule has 6 aliphatic rings. The molecule has 0 spiro atoms. The first-order valence-corrected chi connectivity index (χ1v) is 15.8. The number of ether oxygens (including phenoxy) is 1. The molecule has 2 amide bonds. The van der Waals surface area contributed by atoms with Gasteiger partial charge in [-0.1, -0.05) is 43.7 Å². The summed E-state index contributed by atoms with van der Waals surface area (Å²) in [7, 11) is 0. The Hall–Kier alpha value is -1.86. The number of amides is 2. The summed E-state index contributed by atoms with van der Waals surface area (Å²) >= 11 is 5.72. The summed E-state index contributed by atoms with van der Waals surface area (Å²) < 4.78 is 19.1. The lowest BCUT2D eigenvalue weighted by atomic mass is 9.60. The first-order valence-electron chi connectivity index (χ1n) is 15.4. The Morgan fingerprint density at radius 1 is 0.897 bits per heavy atom. The van der Waals surface area contributed by atoms with E-state index in [1.807, 2.05) is 0 Å². The normalized spacial score (nSPS) is 34.9. The number of hydrogen-bond acceptors (Lipinski definition) is 4. The van der Waals surface area contributed by atoms with Gasteiger partial charge < -0.3 is 15.4 Å². The van der Waals surface area contributed by atoms with Gasteiger partial charge in [0.15, 0.2) is 6.61 Å². The summed E-state index contributed by atoms with van der Waals surface area (Å²) in [6.45, 7) is 0.743. The van der Waals surface area contributed by atoms with Crippen LogP contribution in [0.4, 0.5) is 4.39 Å². The molecule has 2 bridgehead atoms. The topological polar surface area (TPSA) is 70.7 Å². The lowest BCUT2D eigenvalue weighted by Crippen LogP contribution is -2.60. The van der Waals surface area contributed by atoms with Crippen LogP contribution in [0.2, 0.25) is 5.02 Å². The molecule has 0 radical (unpaired) electrons. The van der Waals surface area contributed by atoms with E-state index in [-0.39, 0.29) is 47.2 Å². The van der Waals surface area contributed by atoms with Crippen molar-refractivity contribution in [1.82, 2.24) is 15.5 Å². The van der Waals surface area contributed by atoms with Crippen molar-refractivity contribution in [2.75, 3.05) is 13.2 Å². The number of benzene rings is 1. The number of nitrogens with zero attached hydrogens (tertiary/aromatic N) is 1. The van der Waals surface area contributed by atoms with E-state index in [1.165, 1.54) is 69.9 Å². The van der Waals surface area contributed by atoms with E-state index in [0.717, 1.165) is 38.1 Å². The number of halogens is 2. The van der Waals surface area contributed by atoms with E-state index in [4.69, 9.17) is 16.3 Å². The van der Waals surface area contributed by atoms with Crippen LogP contribution in [0.15, 0.2) is 18.2 Å². The Kier molecular flexibility index (Phi) is 8.36. The van der Waals surface area contributed by atoms with Crippen molar-refractivity contribution in [2.24, 2.45) is 23.7 Å². The molecule has 8 heteroatoms. The zero-order valence-corrected chi connectivity index (χ0v) is 23.6. The minimum Gasteiger partial charge on any atom is -0.484 e. The van der Waals surface area contributed by atoms with Gasteiger partial charge in [-0.05, 0) is 81.3 Å². The van der Waals surface area contributed by atoms with Crippen LogP contribution in [0, 0.1) is 29.5 Å². The third-order valence-corrected chi connectivity index (χ3v) is 10.8. The molecular formula is C31H43ClFN3O3. The van der Waals surface area contributed by atoms with Gasteiger partial charge in [-0.15, -0.1) is 0 Å². The zero-order chi connectivity index (χ0) is 26.9. The lowest BCUT2D eigenvalue weighted by molar-refractivity contribution is -0.128. The van der Waals surface area contributed by atoms with E-state index in [0.29, 0.717) is 23.9 Å². The average molecular weight is 560 g/mol. The van der Waals surface area contributed by atoms with Crippen LogP contribution >= 0.6 is 11.6 Å². The van der Waals surface area contributed by atoms with Gasteiger partial charge in [0.1, 0.15) is 11.6 Å². The molecule has 2 heterocycles. The van der Waals surface area contributed by atoms with Crippen LogP contribution < -0.4 is 15.4 Å². The highest BCUT2D eigenvalue weighted by atomic mass is 35.5. The van der Waals surface area contributed by atoms with E-state index in [9.17, 15) is 14.0 Å². The fraction of sp³-hybridized carbons (Fsp3) is 0.742. The molecule has 6 fully saturated rings. The van der Waals surface area contributed by atoms with Crippen molar-refractivity contribution in [3.63, 3.8) is 0 Å². The molecule has 7 rings (SSSR count). The highest BCUT2D eigenvalue weighted by Gasteiger charge is 2.48. The molecule has 5 atom stereocenters. The maximum absolute atomic E-state index is 13.6. The van der Waals surface area contributed by atoms with Crippen molar-refractivity contribution in [3.8, 4) is 5.75 Å². The highest BCUT2D eigenvalue weighted by molar-refractivity contribution is 6.30. The molecule has 6 nitrogen and oxygen atoms in total. The Morgan fingerprint density at radius 2 is 1.64 bits per heavy atom. The number of carbonyl (C=O) groups excluding carboxylic acids is 2. The average Bonchev–Trinajstić information content (AvgIpc) is 3.16. The Labute approximate surface area is 236 Å². The van der Waals surface area contributed by atoms with Crippen molar-refractivity contribution in [3.05, 3.63) is 29.0 Å². The first kappa shape index (κ1) is 27.3. The van der Waals surface area contributed by atoms with E-state index in [2.05, 4.69) is 15.5 Å². The molecule has 0 aromatic heterocycles. The van der Waals surface area contributed by atoms with Crippen LogP contribution in [0.25, 0.3) is 0 Å². The minimum atomic E-state index is -0.570. The Morgan fingerprint density at radius 3 is 2.38 bits per heavy atom. The van der Waals surface area contributed by atoms with Gasteiger partial charge in [-0.25, -0.2) is 4.39 Å². The summed E-state index contributed by atoms with van der Waals surface area (Å²) in [4.78, 5) is 28.9. The quantitative estimate of drug-likeness (QED) is 0.435. The van der Waals surface area contributed by atoms with Crippen LogP contribution in [-0.4, -0.2) is 54.0 Å². The predicted molar refractivity (Wildman–Crippen MR) is 149 cm³/mol. The van der Waals surface area contributed by atoms with E-state index in [1.54, 1.807) is 6.07 Å². The SMILES string of the molecule is O=C(COc1ccc(Cl)c(F)c1)NC1C[C@H](NC(=O)C2CC3CCCC(C4CCCCCC4)N3C2)C2CC1C2. The number of nitrogens with one attached hydrogen (secondary N) is 2. The molecule has 4 saturated carbocycles. The molecule has 2 N–H and O–H groups in total. The van der Waals surface area contributed by atoms with Gasteiger partial charge in [0.05, 0.1) is 10.9 Å². The third kappa shape index (κ3) is 6.09. The fourth-order valence-corrected chi connectivity index (χ4v) is 8.51. The van der Waals surface area contributed by atoms with Gasteiger partial charge in [-0.3, -0.25) is 14.5 Å². The lowest BCUT2D eigenvalue weighted by Gasteiger charge is -2.51. The second-order valence-corrected chi connectivity index (χ2v) is 13.3. The van der Waals surface area contributed by atoms with Crippen molar-refractivity contribution < 1.29 is 18.7 Å². The zero-order valence-electron chi connectivity index (χ0n) is 22.9. The van der Waals surface area contributed by atoms with Crippen molar-refractivity contribution >= 4 is 23.4 Å². The van der Waals surface area contributed by atoms with Crippen molar-refractivity contribution in [2.45, 2.75) is 108 Å². The van der Waals surface area contributed by atoms with E-state index >= 15 is 0 Å². The fourth-order valence-electron chi connectivity index (χ4n) is 8.39. The molecule has 214 valence electrons. The molecule has 39 heavy (non-hydrogen) atoms. The molecule has 1 aromatic rings. The van der Waals surface area contributed by atoms with Gasteiger partial charge in [-0.2, -0.15) is 0 Å². The molecular weight excluding hydrogens is 517 g/mol. The number of carbonyl (C=O) groups is 2. The monoisotopic (exact) mass is 559 g/mol. The standard InChI is InChI=1S/C31H43ClFN3O3/c32-25-11-10-24(15-26(25)33)39-18-30(37)34-27-16-28(21-12-20(27)13-21)35-31(38)22-14-23-8-5-9-29(36(23)17-22)19-6-3-1-2-4-7-19/h10-11,15,19-23,27-29H,1-9,12-14,16-18H2,(H,34,37)(H,35,38)/t20?,21?,22?,23?,27?,28-,29?/m0/s1. The Balaban J connectivity index is 0.997. The third-order valence-electron chi connectivity index (χ3n) is 10.5. The Bertz CT molecular complexity index is 1040. The first-order chi connectivity index (χ1) is 18.9. The van der Waals surface area contributed by atoms with Gasteiger partial charge in [0, 0.05) is 36.8 Å². The van der Waals surface area contributed by atoms with Crippen molar-refractivity contribution in [1.29, 1.82) is 0 Å². The molecule has 1 aromatic carbocycles. The van der Waals surface area contributed by atoms with E-state index < -0.39 is 5.82 Å². The number of fused-ring (bicyclic) bond motifs is 3. The summed E-state index contributed by atoms with van der Waals surface area (Å²) in [5.74, 6) is 1.58. The smallest absolute Gasteiger partial charge is 0.258 e. The second-order valence-electron chi connectivity index (χ2n) is 12.9. The molecule has 4 aliphatic carbocycles. The number of rotatable bonds is 7. The molecule has 2 saturated heterocycles. The van der Waals surface area contributed by atoms with Crippen LogP contribution in [-0.2, 0) is 9.59 Å². The summed E-state index contributed by atoms with van der Waals surface area (Å²) in [5.41, 5.74) is 0. The van der Waals surface area contributed by atoms with Crippen LogP contribution in [0.3, 0.4) is 0 Å². The summed E-state index contributed by atoms with van der Waals surface area (Å²) in [5, 5.41) is 6.58. The van der Waals surface area contributed by atoms with Gasteiger partial charge in [0.2, 0.25) is 5.91 Å².